The summed E-state index contributed by atoms with van der Waals surface area (Å²) in [6, 6.07) is 14.0. The third kappa shape index (κ3) is 6.95. The van der Waals surface area contributed by atoms with Crippen LogP contribution < -0.4 is 10.6 Å². The molecule has 37 heavy (non-hydrogen) atoms. The predicted molar refractivity (Wildman–Crippen MR) is 141 cm³/mol. The van der Waals surface area contributed by atoms with Crippen molar-refractivity contribution in [1.29, 1.82) is 0 Å². The normalized spacial score (nSPS) is 15.4. The fourth-order valence-electron chi connectivity index (χ4n) is 4.14. The summed E-state index contributed by atoms with van der Waals surface area (Å²) in [7, 11) is 0. The summed E-state index contributed by atoms with van der Waals surface area (Å²) in [5.41, 5.74) is 2.06. The molecule has 2 heterocycles. The Bertz CT molecular complexity index is 1250. The van der Waals surface area contributed by atoms with Crippen LogP contribution in [0.3, 0.4) is 0 Å². The van der Waals surface area contributed by atoms with Crippen molar-refractivity contribution in [2.75, 3.05) is 25.0 Å². The molecule has 196 valence electrons. The Hall–Kier alpha value is -3.72. The molecule has 9 heteroatoms. The maximum atomic E-state index is 14.4. The van der Waals surface area contributed by atoms with E-state index in [0.717, 1.165) is 18.4 Å². The molecule has 2 N–H and O–H groups in total. The lowest BCUT2D eigenvalue weighted by atomic mass is 10.1. The van der Waals surface area contributed by atoms with E-state index in [9.17, 15) is 14.0 Å². The summed E-state index contributed by atoms with van der Waals surface area (Å²) in [6.07, 6.45) is 3.41. The van der Waals surface area contributed by atoms with Gasteiger partial charge in [0, 0.05) is 30.5 Å². The zero-order chi connectivity index (χ0) is 26.6. The second-order valence-corrected chi connectivity index (χ2v) is 10.4. The van der Waals surface area contributed by atoms with Crippen molar-refractivity contribution in [1.82, 2.24) is 19.8 Å². The third-order valence-corrected chi connectivity index (χ3v) is 6.01. The predicted octanol–water partition coefficient (Wildman–Crippen LogP) is 4.91. The van der Waals surface area contributed by atoms with Crippen LogP contribution in [0.25, 0.3) is 16.9 Å². The van der Waals surface area contributed by atoms with Crippen molar-refractivity contribution >= 4 is 17.9 Å². The van der Waals surface area contributed by atoms with Crippen LogP contribution >= 0.6 is 0 Å². The number of aryl methyl sites for hydroxylation is 1. The molecule has 4 rings (SSSR count). The van der Waals surface area contributed by atoms with E-state index in [4.69, 9.17) is 4.74 Å². The summed E-state index contributed by atoms with van der Waals surface area (Å²) < 4.78 is 21.7. The SMILES string of the molecule is Cc1ccc(-n2cc(-c3ccccc3)nc2NC(=O)CN(CC2CCCO2)C(=O)NC(C)(C)C)cc1F. The van der Waals surface area contributed by atoms with Crippen molar-refractivity contribution in [3.8, 4) is 16.9 Å². The van der Waals surface area contributed by atoms with Gasteiger partial charge in [0.25, 0.3) is 0 Å². The highest BCUT2D eigenvalue weighted by molar-refractivity contribution is 5.93. The van der Waals surface area contributed by atoms with Gasteiger partial charge in [0.15, 0.2) is 0 Å². The number of amides is 3. The minimum atomic E-state index is -0.460. The van der Waals surface area contributed by atoms with Crippen LogP contribution in [0.5, 0.6) is 0 Å². The standard InChI is InChI=1S/C28H34FN5O3/c1-19-12-13-21(15-23(19)29)34-17-24(20-9-6-5-7-10-20)30-26(34)31-25(35)18-33(16-22-11-8-14-37-22)27(36)32-28(2,3)4/h5-7,9-10,12-13,15,17,22H,8,11,14,16,18H2,1-4H3,(H,32,36)(H,30,31,35). The molecule has 1 fully saturated rings. The molecule has 1 saturated heterocycles. The first-order chi connectivity index (χ1) is 17.6. The molecule has 2 aromatic carbocycles. The zero-order valence-corrected chi connectivity index (χ0v) is 21.8. The molecule has 0 bridgehead atoms. The van der Waals surface area contributed by atoms with Gasteiger partial charge in [-0.15, -0.1) is 0 Å². The maximum Gasteiger partial charge on any atom is 0.318 e. The summed E-state index contributed by atoms with van der Waals surface area (Å²) in [6.45, 7) is 8.13. The number of hydrogen-bond donors (Lipinski definition) is 2. The Morgan fingerprint density at radius 3 is 2.59 bits per heavy atom. The molecule has 3 aromatic rings. The van der Waals surface area contributed by atoms with Gasteiger partial charge in [-0.3, -0.25) is 14.7 Å². The van der Waals surface area contributed by atoms with Gasteiger partial charge in [-0.2, -0.15) is 0 Å². The van der Waals surface area contributed by atoms with Crippen LogP contribution in [0.15, 0.2) is 54.7 Å². The Kier molecular flexibility index (Phi) is 7.92. The van der Waals surface area contributed by atoms with Gasteiger partial charge in [-0.25, -0.2) is 14.2 Å². The van der Waals surface area contributed by atoms with Crippen LogP contribution in [0.1, 0.15) is 39.2 Å². The first kappa shape index (κ1) is 26.3. The Labute approximate surface area is 216 Å². The number of nitrogens with zero attached hydrogens (tertiary/aromatic N) is 3. The lowest BCUT2D eigenvalue weighted by Gasteiger charge is -2.29. The molecule has 1 aliphatic rings. The minimum Gasteiger partial charge on any atom is -0.376 e. The van der Waals surface area contributed by atoms with Gasteiger partial charge in [0.1, 0.15) is 12.4 Å². The number of benzene rings is 2. The van der Waals surface area contributed by atoms with E-state index in [1.165, 1.54) is 11.0 Å². The molecule has 3 amide bonds. The average molecular weight is 508 g/mol. The summed E-state index contributed by atoms with van der Waals surface area (Å²) >= 11 is 0. The number of hydrogen-bond acceptors (Lipinski definition) is 4. The van der Waals surface area contributed by atoms with Crippen LogP contribution in [0.2, 0.25) is 0 Å². The molecule has 0 radical (unpaired) electrons. The van der Waals surface area contributed by atoms with E-state index in [0.29, 0.717) is 30.1 Å². The maximum absolute atomic E-state index is 14.4. The number of halogens is 1. The van der Waals surface area contributed by atoms with Gasteiger partial charge < -0.3 is 15.0 Å². The first-order valence-electron chi connectivity index (χ1n) is 12.5. The molecule has 1 aromatic heterocycles. The van der Waals surface area contributed by atoms with Crippen LogP contribution in [0.4, 0.5) is 15.1 Å². The number of aromatic nitrogens is 2. The lowest BCUT2D eigenvalue weighted by molar-refractivity contribution is -0.117. The highest BCUT2D eigenvalue weighted by Gasteiger charge is 2.27. The number of carbonyl (C=O) groups is 2. The number of urea groups is 1. The fraction of sp³-hybridized carbons (Fsp3) is 0.393. The Balaban J connectivity index is 1.59. The van der Waals surface area contributed by atoms with Crippen LogP contribution in [-0.4, -0.2) is 57.7 Å². The number of carbonyl (C=O) groups excluding carboxylic acids is 2. The second kappa shape index (κ2) is 11.1. The highest BCUT2D eigenvalue weighted by Crippen LogP contribution is 2.25. The Morgan fingerprint density at radius 2 is 1.95 bits per heavy atom. The zero-order valence-electron chi connectivity index (χ0n) is 21.8. The van der Waals surface area contributed by atoms with Gasteiger partial charge in [-0.05, 0) is 58.2 Å². The van der Waals surface area contributed by atoms with Crippen LogP contribution in [0, 0.1) is 12.7 Å². The largest absolute Gasteiger partial charge is 0.376 e. The van der Waals surface area contributed by atoms with E-state index < -0.39 is 11.4 Å². The van der Waals surface area contributed by atoms with Crippen LogP contribution in [-0.2, 0) is 9.53 Å². The van der Waals surface area contributed by atoms with Crippen molar-refractivity contribution in [3.05, 3.63) is 66.1 Å². The number of nitrogens with one attached hydrogen (secondary N) is 2. The molecule has 1 aliphatic heterocycles. The third-order valence-electron chi connectivity index (χ3n) is 6.01. The van der Waals surface area contributed by atoms with Crippen molar-refractivity contribution in [2.45, 2.75) is 52.2 Å². The van der Waals surface area contributed by atoms with Crippen molar-refractivity contribution in [3.63, 3.8) is 0 Å². The van der Waals surface area contributed by atoms with E-state index in [1.807, 2.05) is 51.1 Å². The monoisotopic (exact) mass is 507 g/mol. The molecule has 1 unspecified atom stereocenters. The van der Waals surface area contributed by atoms with Crippen molar-refractivity contribution in [2.24, 2.45) is 0 Å². The number of anilines is 1. The quantitative estimate of drug-likeness (QED) is 0.475. The van der Waals surface area contributed by atoms with E-state index in [-0.39, 0.29) is 30.4 Å². The molecule has 8 nitrogen and oxygen atoms in total. The first-order valence-corrected chi connectivity index (χ1v) is 12.5. The molecular formula is C28H34FN5O3. The number of imidazole rings is 1. The summed E-state index contributed by atoms with van der Waals surface area (Å²) in [5.74, 6) is -0.534. The number of rotatable bonds is 7. The van der Waals surface area contributed by atoms with Gasteiger partial charge >= 0.3 is 6.03 Å². The minimum absolute atomic E-state index is 0.110. The second-order valence-electron chi connectivity index (χ2n) is 10.4. The fourth-order valence-corrected chi connectivity index (χ4v) is 4.14. The smallest absolute Gasteiger partial charge is 0.318 e. The van der Waals surface area contributed by atoms with E-state index in [1.54, 1.807) is 29.8 Å². The van der Waals surface area contributed by atoms with Gasteiger partial charge in [0.05, 0.1) is 17.5 Å². The lowest BCUT2D eigenvalue weighted by Crippen LogP contribution is -2.52. The summed E-state index contributed by atoms with van der Waals surface area (Å²) in [5, 5.41) is 5.76. The molecule has 0 spiro atoms. The Morgan fingerprint density at radius 1 is 1.19 bits per heavy atom. The molecule has 1 atom stereocenters. The average Bonchev–Trinajstić information content (AvgIpc) is 3.50. The van der Waals surface area contributed by atoms with E-state index in [2.05, 4.69) is 15.6 Å². The summed E-state index contributed by atoms with van der Waals surface area (Å²) in [4.78, 5) is 32.3. The number of ether oxygens (including phenoxy) is 1. The highest BCUT2D eigenvalue weighted by atomic mass is 19.1. The van der Waals surface area contributed by atoms with Gasteiger partial charge in [0.2, 0.25) is 11.9 Å². The molecule has 0 saturated carbocycles. The molecular weight excluding hydrogens is 473 g/mol. The van der Waals surface area contributed by atoms with E-state index >= 15 is 0 Å². The topological polar surface area (TPSA) is 88.5 Å². The molecule has 0 aliphatic carbocycles. The van der Waals surface area contributed by atoms with Crippen molar-refractivity contribution < 1.29 is 18.7 Å². The van der Waals surface area contributed by atoms with Gasteiger partial charge in [-0.1, -0.05) is 36.4 Å².